The summed E-state index contributed by atoms with van der Waals surface area (Å²) in [6, 6.07) is 0. The van der Waals surface area contributed by atoms with E-state index >= 15 is 0 Å². The maximum Gasteiger partial charge on any atom is 3.00 e. The molecule has 0 fully saturated rings. The van der Waals surface area contributed by atoms with Crippen LogP contribution in [0.5, 0.6) is 0 Å². The molecule has 3 heteroatoms. The molecule has 0 bridgehead atoms. The average Bonchev–Trinajstić information content (AvgIpc) is 2.63. The van der Waals surface area contributed by atoms with Crippen molar-refractivity contribution >= 4 is 0 Å². The van der Waals surface area contributed by atoms with Crippen molar-refractivity contribution in [3.8, 4) is 0 Å². The predicted octanol–water partition coefficient (Wildman–Crippen LogP) is -1.57. The first kappa shape index (κ1) is 22.2. The maximum absolute atomic E-state index is 3.22. The molecule has 0 aromatic heterocycles. The minimum absolute atomic E-state index is 0. The van der Waals surface area contributed by atoms with Gasteiger partial charge >= 0.3 is 26.2 Å². The molecule has 0 atom stereocenters. The smallest absolute Gasteiger partial charge is 1.00 e. The molecule has 1 radical (unpaired) electrons. The topological polar surface area (TPSA) is 0 Å². The average molecular weight is 339 g/mol. The standard InChI is InChI=1S/C13H21.2ClH.Zr/c1-2-3-4-5-6-7-10-13-11-8-9-12-13;;;/h11-12H,2-8,10H2,1H3;2*1H;/q-1;;;+3/p-2. The van der Waals surface area contributed by atoms with Gasteiger partial charge in [-0.2, -0.15) is 6.08 Å². The summed E-state index contributed by atoms with van der Waals surface area (Å²) in [5.74, 6) is 0. The van der Waals surface area contributed by atoms with Crippen molar-refractivity contribution in [1.29, 1.82) is 0 Å². The SMILES string of the molecule is CCCCCCCCC1=CC[C-]=C1.[Cl-].[Cl-].[Zr+3]. The molecule has 0 saturated carbocycles. The zero-order valence-corrected chi connectivity index (χ0v) is 14.0. The first-order chi connectivity index (χ1) is 6.43. The second-order valence-corrected chi connectivity index (χ2v) is 3.85. The van der Waals surface area contributed by atoms with E-state index in [2.05, 4.69) is 25.2 Å². The van der Waals surface area contributed by atoms with Crippen LogP contribution in [-0.4, -0.2) is 0 Å². The molecule has 1 aliphatic rings. The van der Waals surface area contributed by atoms with E-state index in [0.717, 1.165) is 6.42 Å². The Balaban J connectivity index is -0.000000563. The van der Waals surface area contributed by atoms with E-state index in [1.807, 2.05) is 0 Å². The summed E-state index contributed by atoms with van der Waals surface area (Å²) in [6.07, 6.45) is 18.4. The van der Waals surface area contributed by atoms with Gasteiger partial charge in [0, 0.05) is 0 Å². The molecule has 91 valence electrons. The Labute approximate surface area is 132 Å². The number of allylic oxidation sites excluding steroid dienone is 4. The molecule has 1 rings (SSSR count). The normalized spacial score (nSPS) is 12.2. The first-order valence-corrected chi connectivity index (χ1v) is 5.69. The summed E-state index contributed by atoms with van der Waals surface area (Å²) >= 11 is 0. The second kappa shape index (κ2) is 15.9. The van der Waals surface area contributed by atoms with Crippen molar-refractivity contribution < 1.29 is 51.0 Å². The summed E-state index contributed by atoms with van der Waals surface area (Å²) in [5, 5.41) is 0. The number of unbranched alkanes of at least 4 members (excludes halogenated alkanes) is 5. The summed E-state index contributed by atoms with van der Waals surface area (Å²) < 4.78 is 0. The number of hydrogen-bond donors (Lipinski definition) is 0. The third kappa shape index (κ3) is 11.4. The van der Waals surface area contributed by atoms with E-state index in [1.165, 1.54) is 50.5 Å². The molecule has 0 aromatic carbocycles. The Bertz CT molecular complexity index is 188. The molecule has 0 spiro atoms. The zero-order valence-electron chi connectivity index (χ0n) is 10.1. The van der Waals surface area contributed by atoms with Crippen molar-refractivity contribution in [2.75, 3.05) is 0 Å². The Morgan fingerprint density at radius 3 is 2.25 bits per heavy atom. The van der Waals surface area contributed by atoms with Crippen LogP contribution in [0.4, 0.5) is 0 Å². The van der Waals surface area contributed by atoms with E-state index in [-0.39, 0.29) is 51.0 Å². The Kier molecular flexibility index (Phi) is 22.1. The van der Waals surface area contributed by atoms with Crippen molar-refractivity contribution in [1.82, 2.24) is 0 Å². The van der Waals surface area contributed by atoms with Gasteiger partial charge in [0.25, 0.3) is 0 Å². The fraction of sp³-hybridized carbons (Fsp3) is 0.692. The molecule has 0 aromatic rings. The largest absolute Gasteiger partial charge is 3.00 e. The van der Waals surface area contributed by atoms with Crippen LogP contribution in [0.1, 0.15) is 58.3 Å². The van der Waals surface area contributed by atoms with Crippen LogP contribution < -0.4 is 24.8 Å². The Hall–Kier alpha value is 0.943. The van der Waals surface area contributed by atoms with Crippen LogP contribution in [0.15, 0.2) is 17.7 Å². The Morgan fingerprint density at radius 1 is 1.06 bits per heavy atom. The molecule has 0 N–H and O–H groups in total. The summed E-state index contributed by atoms with van der Waals surface area (Å²) in [7, 11) is 0. The van der Waals surface area contributed by atoms with Crippen molar-refractivity contribution in [3.05, 3.63) is 23.8 Å². The molecule has 0 heterocycles. The predicted molar refractivity (Wildman–Crippen MR) is 58.5 cm³/mol. The van der Waals surface area contributed by atoms with Gasteiger partial charge in [-0.3, -0.25) is 6.08 Å². The first-order valence-electron chi connectivity index (χ1n) is 5.69. The van der Waals surface area contributed by atoms with E-state index in [4.69, 9.17) is 0 Å². The fourth-order valence-corrected chi connectivity index (χ4v) is 1.72. The van der Waals surface area contributed by atoms with Gasteiger partial charge in [-0.25, -0.2) is 11.6 Å². The van der Waals surface area contributed by atoms with E-state index in [9.17, 15) is 0 Å². The van der Waals surface area contributed by atoms with Gasteiger partial charge in [-0.05, 0) is 0 Å². The van der Waals surface area contributed by atoms with Crippen LogP contribution >= 0.6 is 0 Å². The van der Waals surface area contributed by atoms with Gasteiger partial charge < -0.3 is 24.8 Å². The Morgan fingerprint density at radius 2 is 1.69 bits per heavy atom. The van der Waals surface area contributed by atoms with E-state index in [0.29, 0.717) is 0 Å². The molecule has 16 heavy (non-hydrogen) atoms. The second-order valence-electron chi connectivity index (χ2n) is 3.85. The van der Waals surface area contributed by atoms with Crippen molar-refractivity contribution in [3.63, 3.8) is 0 Å². The third-order valence-electron chi connectivity index (χ3n) is 2.59. The molecule has 1 aliphatic carbocycles. The van der Waals surface area contributed by atoms with Crippen LogP contribution in [-0.2, 0) is 26.2 Å². The van der Waals surface area contributed by atoms with Gasteiger partial charge in [0.1, 0.15) is 0 Å². The van der Waals surface area contributed by atoms with Gasteiger partial charge in [0.05, 0.1) is 0 Å². The molecule has 0 saturated heterocycles. The van der Waals surface area contributed by atoms with E-state index < -0.39 is 0 Å². The molecule has 0 aliphatic heterocycles. The van der Waals surface area contributed by atoms with Crippen molar-refractivity contribution in [2.45, 2.75) is 58.3 Å². The number of hydrogen-bond acceptors (Lipinski definition) is 0. The number of halogens is 2. The minimum atomic E-state index is 0. The van der Waals surface area contributed by atoms with Crippen LogP contribution in [0, 0.1) is 6.08 Å². The molecule has 0 unspecified atom stereocenters. The van der Waals surface area contributed by atoms with Gasteiger partial charge in [0.2, 0.25) is 0 Å². The number of rotatable bonds is 7. The van der Waals surface area contributed by atoms with Crippen LogP contribution in [0.25, 0.3) is 0 Å². The minimum Gasteiger partial charge on any atom is -1.00 e. The fourth-order valence-electron chi connectivity index (χ4n) is 1.72. The molecular weight excluding hydrogens is 318 g/mol. The molecule has 0 nitrogen and oxygen atoms in total. The summed E-state index contributed by atoms with van der Waals surface area (Å²) in [6.45, 7) is 2.27. The summed E-state index contributed by atoms with van der Waals surface area (Å²) in [5.41, 5.74) is 1.51. The van der Waals surface area contributed by atoms with Crippen molar-refractivity contribution in [2.24, 2.45) is 0 Å². The van der Waals surface area contributed by atoms with Crippen LogP contribution in [0.3, 0.4) is 0 Å². The molecule has 0 amide bonds. The van der Waals surface area contributed by atoms with Gasteiger partial charge in [0.15, 0.2) is 0 Å². The quantitative estimate of drug-likeness (QED) is 0.389. The van der Waals surface area contributed by atoms with Gasteiger partial charge in [-0.15, -0.1) is 6.42 Å². The van der Waals surface area contributed by atoms with Crippen LogP contribution in [0.2, 0.25) is 0 Å². The van der Waals surface area contributed by atoms with Gasteiger partial charge in [-0.1, -0.05) is 51.9 Å². The third-order valence-corrected chi connectivity index (χ3v) is 2.59. The zero-order chi connectivity index (χ0) is 9.36. The molecular formula is C13H21Cl2Zr. The van der Waals surface area contributed by atoms with E-state index in [1.54, 1.807) is 0 Å². The summed E-state index contributed by atoms with van der Waals surface area (Å²) in [4.78, 5) is 0. The maximum atomic E-state index is 3.22. The monoisotopic (exact) mass is 337 g/mol.